The Morgan fingerprint density at radius 3 is 2.75 bits per heavy atom. The van der Waals surface area contributed by atoms with Crippen LogP contribution >= 0.6 is 0 Å². The van der Waals surface area contributed by atoms with Crippen LogP contribution in [0.5, 0.6) is 11.5 Å². The first kappa shape index (κ1) is 13.9. The molecule has 0 unspecified atom stereocenters. The van der Waals surface area contributed by atoms with E-state index in [0.29, 0.717) is 30.0 Å². The number of carbonyl (C=O) groups is 1. The summed E-state index contributed by atoms with van der Waals surface area (Å²) < 4.78 is 15.1. The van der Waals surface area contributed by atoms with Crippen molar-refractivity contribution in [1.82, 2.24) is 10.3 Å². The minimum atomic E-state index is -0.172. The summed E-state index contributed by atoms with van der Waals surface area (Å²) >= 11 is 0. The molecule has 0 aliphatic rings. The molecule has 2 aromatic rings. The maximum absolute atomic E-state index is 12.0. The summed E-state index contributed by atoms with van der Waals surface area (Å²) in [5.41, 5.74) is 1.32. The molecule has 0 spiro atoms. The average Bonchev–Trinajstić information content (AvgIpc) is 2.99. The molecule has 0 aliphatic carbocycles. The third-order valence-electron chi connectivity index (χ3n) is 2.80. The molecule has 0 bridgehead atoms. The third kappa shape index (κ3) is 3.28. The van der Waals surface area contributed by atoms with Gasteiger partial charge in [0.05, 0.1) is 19.9 Å². The Balaban J connectivity index is 1.95. The van der Waals surface area contributed by atoms with Gasteiger partial charge in [0.1, 0.15) is 6.26 Å². The van der Waals surface area contributed by atoms with Crippen molar-refractivity contribution in [3.63, 3.8) is 0 Å². The lowest BCUT2D eigenvalue weighted by molar-refractivity contribution is 0.0953. The van der Waals surface area contributed by atoms with Gasteiger partial charge in [0.15, 0.2) is 17.9 Å². The molecule has 0 aliphatic heterocycles. The first-order valence-corrected chi connectivity index (χ1v) is 6.12. The van der Waals surface area contributed by atoms with Crippen LogP contribution in [0.2, 0.25) is 0 Å². The highest BCUT2D eigenvalue weighted by Crippen LogP contribution is 2.27. The van der Waals surface area contributed by atoms with E-state index in [1.165, 1.54) is 13.5 Å². The molecule has 6 nitrogen and oxygen atoms in total. The van der Waals surface area contributed by atoms with Gasteiger partial charge in [-0.2, -0.15) is 0 Å². The maximum atomic E-state index is 12.0. The zero-order valence-corrected chi connectivity index (χ0v) is 11.4. The first-order chi connectivity index (χ1) is 9.74. The number of benzene rings is 1. The van der Waals surface area contributed by atoms with Crippen LogP contribution in [0, 0.1) is 0 Å². The van der Waals surface area contributed by atoms with Crippen LogP contribution in [-0.2, 0) is 6.42 Å². The van der Waals surface area contributed by atoms with Gasteiger partial charge in [-0.3, -0.25) is 4.79 Å². The van der Waals surface area contributed by atoms with Crippen molar-refractivity contribution in [3.05, 3.63) is 42.1 Å². The van der Waals surface area contributed by atoms with E-state index < -0.39 is 0 Å². The fourth-order valence-electron chi connectivity index (χ4n) is 1.74. The van der Waals surface area contributed by atoms with Crippen molar-refractivity contribution in [2.45, 2.75) is 6.42 Å². The molecule has 2 rings (SSSR count). The number of amides is 1. The lowest BCUT2D eigenvalue weighted by Crippen LogP contribution is -2.25. The Morgan fingerprint density at radius 2 is 2.10 bits per heavy atom. The Hall–Kier alpha value is -2.50. The molecule has 0 radical (unpaired) electrons. The summed E-state index contributed by atoms with van der Waals surface area (Å²) in [7, 11) is 3.08. The summed E-state index contributed by atoms with van der Waals surface area (Å²) in [6, 6.07) is 5.03. The number of oxazole rings is 1. The summed E-state index contributed by atoms with van der Waals surface area (Å²) in [4.78, 5) is 16.0. The van der Waals surface area contributed by atoms with Gasteiger partial charge in [-0.05, 0) is 18.2 Å². The average molecular weight is 276 g/mol. The Labute approximate surface area is 116 Å². The van der Waals surface area contributed by atoms with Gasteiger partial charge in [0, 0.05) is 18.5 Å². The summed E-state index contributed by atoms with van der Waals surface area (Å²) in [5.74, 6) is 0.942. The molecule has 106 valence electrons. The van der Waals surface area contributed by atoms with E-state index in [1.807, 2.05) is 0 Å². The zero-order valence-electron chi connectivity index (χ0n) is 11.4. The molecule has 0 saturated heterocycles. The van der Waals surface area contributed by atoms with E-state index in [-0.39, 0.29) is 5.91 Å². The highest BCUT2D eigenvalue weighted by Gasteiger charge is 2.10. The molecule has 0 saturated carbocycles. The van der Waals surface area contributed by atoms with Gasteiger partial charge in [0.2, 0.25) is 0 Å². The van der Waals surface area contributed by atoms with Gasteiger partial charge in [-0.15, -0.1) is 0 Å². The molecule has 1 aromatic carbocycles. The van der Waals surface area contributed by atoms with Crippen molar-refractivity contribution in [2.24, 2.45) is 0 Å². The molecule has 6 heteroatoms. The van der Waals surface area contributed by atoms with Gasteiger partial charge in [-0.25, -0.2) is 4.98 Å². The highest BCUT2D eigenvalue weighted by atomic mass is 16.5. The fraction of sp³-hybridized carbons (Fsp3) is 0.286. The summed E-state index contributed by atoms with van der Waals surface area (Å²) in [6.45, 7) is 0.486. The van der Waals surface area contributed by atoms with Crippen LogP contribution in [-0.4, -0.2) is 31.7 Å². The predicted octanol–water partition coefficient (Wildman–Crippen LogP) is 1.66. The minimum Gasteiger partial charge on any atom is -0.493 e. The number of hydrogen-bond acceptors (Lipinski definition) is 5. The Bertz CT molecular complexity index is 567. The smallest absolute Gasteiger partial charge is 0.251 e. The third-order valence-corrected chi connectivity index (χ3v) is 2.80. The SMILES string of the molecule is COc1ccc(C(=O)NCCc2cocn2)cc1OC. The van der Waals surface area contributed by atoms with Crippen molar-refractivity contribution in [2.75, 3.05) is 20.8 Å². The topological polar surface area (TPSA) is 73.6 Å². The van der Waals surface area contributed by atoms with E-state index >= 15 is 0 Å². The van der Waals surface area contributed by atoms with E-state index in [1.54, 1.807) is 31.6 Å². The lowest BCUT2D eigenvalue weighted by atomic mass is 10.2. The standard InChI is InChI=1S/C14H16N2O4/c1-18-12-4-3-10(7-13(12)19-2)14(17)15-6-5-11-8-20-9-16-11/h3-4,7-9H,5-6H2,1-2H3,(H,15,17). The van der Waals surface area contributed by atoms with Crippen molar-refractivity contribution in [3.8, 4) is 11.5 Å². The second kappa shape index (κ2) is 6.60. The van der Waals surface area contributed by atoms with Gasteiger partial charge >= 0.3 is 0 Å². The van der Waals surface area contributed by atoms with E-state index in [9.17, 15) is 4.79 Å². The number of carbonyl (C=O) groups excluding carboxylic acids is 1. The summed E-state index contributed by atoms with van der Waals surface area (Å²) in [5, 5.41) is 2.81. The van der Waals surface area contributed by atoms with E-state index in [0.717, 1.165) is 5.69 Å². The second-order valence-electron chi connectivity index (χ2n) is 4.06. The molecular formula is C14H16N2O4. The monoisotopic (exact) mass is 276 g/mol. The van der Waals surface area contributed by atoms with Gasteiger partial charge in [0.25, 0.3) is 5.91 Å². The fourth-order valence-corrected chi connectivity index (χ4v) is 1.74. The van der Waals surface area contributed by atoms with Crippen LogP contribution in [0.3, 0.4) is 0 Å². The molecule has 20 heavy (non-hydrogen) atoms. The zero-order chi connectivity index (χ0) is 14.4. The van der Waals surface area contributed by atoms with Gasteiger partial charge in [-0.1, -0.05) is 0 Å². The van der Waals surface area contributed by atoms with E-state index in [4.69, 9.17) is 13.9 Å². The lowest BCUT2D eigenvalue weighted by Gasteiger charge is -2.09. The number of methoxy groups -OCH3 is 2. The number of aromatic nitrogens is 1. The van der Waals surface area contributed by atoms with Crippen LogP contribution in [0.25, 0.3) is 0 Å². The number of nitrogens with one attached hydrogen (secondary N) is 1. The maximum Gasteiger partial charge on any atom is 0.251 e. The normalized spacial score (nSPS) is 10.1. The van der Waals surface area contributed by atoms with Gasteiger partial charge < -0.3 is 19.2 Å². The number of nitrogens with zero attached hydrogens (tertiary/aromatic N) is 1. The van der Waals surface area contributed by atoms with Crippen LogP contribution in [0.1, 0.15) is 16.1 Å². The predicted molar refractivity (Wildman–Crippen MR) is 72.1 cm³/mol. The first-order valence-electron chi connectivity index (χ1n) is 6.12. The highest BCUT2D eigenvalue weighted by molar-refractivity contribution is 5.94. The largest absolute Gasteiger partial charge is 0.493 e. The molecule has 1 amide bonds. The Kier molecular flexibility index (Phi) is 4.60. The number of ether oxygens (including phenoxy) is 2. The van der Waals surface area contributed by atoms with Crippen LogP contribution < -0.4 is 14.8 Å². The molecule has 1 heterocycles. The van der Waals surface area contributed by atoms with Crippen molar-refractivity contribution < 1.29 is 18.7 Å². The van der Waals surface area contributed by atoms with Crippen LogP contribution in [0.4, 0.5) is 0 Å². The Morgan fingerprint density at radius 1 is 1.30 bits per heavy atom. The second-order valence-corrected chi connectivity index (χ2v) is 4.06. The molecule has 0 fully saturated rings. The molecule has 1 aromatic heterocycles. The number of rotatable bonds is 6. The van der Waals surface area contributed by atoms with Crippen LogP contribution in [0.15, 0.2) is 35.3 Å². The van der Waals surface area contributed by atoms with Crippen molar-refractivity contribution >= 4 is 5.91 Å². The molecule has 1 N–H and O–H groups in total. The number of hydrogen-bond donors (Lipinski definition) is 1. The quantitative estimate of drug-likeness (QED) is 0.868. The van der Waals surface area contributed by atoms with Crippen molar-refractivity contribution in [1.29, 1.82) is 0 Å². The molecular weight excluding hydrogens is 260 g/mol. The summed E-state index contributed by atoms with van der Waals surface area (Å²) in [6.07, 6.45) is 3.55. The van der Waals surface area contributed by atoms with E-state index in [2.05, 4.69) is 10.3 Å². The minimum absolute atomic E-state index is 0.172. The molecule has 0 atom stereocenters.